The van der Waals surface area contributed by atoms with Crippen LogP contribution in [0.25, 0.3) is 0 Å². The van der Waals surface area contributed by atoms with Crippen molar-refractivity contribution in [1.29, 1.82) is 0 Å². The molecule has 0 saturated carbocycles. The standard InChI is InChI=1S/C17H22Cl2N2/c1-17(2,3)15-14(12-18)16(19)21(20-15)11-7-10-13-8-5-4-6-9-13/h4-6,8-9H,7,10-12H2,1-3H3. The summed E-state index contributed by atoms with van der Waals surface area (Å²) < 4.78 is 1.89. The third kappa shape index (κ3) is 4.02. The molecular formula is C17H22Cl2N2. The van der Waals surface area contributed by atoms with Crippen molar-refractivity contribution in [3.05, 3.63) is 52.3 Å². The molecule has 21 heavy (non-hydrogen) atoms. The largest absolute Gasteiger partial charge is 0.253 e. The maximum Gasteiger partial charge on any atom is 0.131 e. The molecule has 0 amide bonds. The van der Waals surface area contributed by atoms with Crippen LogP contribution in [0.15, 0.2) is 30.3 Å². The molecule has 0 N–H and O–H groups in total. The first-order valence-electron chi connectivity index (χ1n) is 7.29. The molecule has 1 heterocycles. The van der Waals surface area contributed by atoms with Crippen molar-refractivity contribution in [2.45, 2.75) is 51.5 Å². The van der Waals surface area contributed by atoms with Crippen LogP contribution in [-0.2, 0) is 24.3 Å². The van der Waals surface area contributed by atoms with E-state index in [1.807, 2.05) is 10.7 Å². The van der Waals surface area contributed by atoms with E-state index < -0.39 is 0 Å². The topological polar surface area (TPSA) is 17.8 Å². The number of halogens is 2. The highest BCUT2D eigenvalue weighted by Gasteiger charge is 2.25. The smallest absolute Gasteiger partial charge is 0.131 e. The number of alkyl halides is 1. The number of aromatic nitrogens is 2. The first-order valence-corrected chi connectivity index (χ1v) is 8.20. The van der Waals surface area contributed by atoms with Crippen molar-refractivity contribution >= 4 is 23.2 Å². The van der Waals surface area contributed by atoms with Gasteiger partial charge in [-0.05, 0) is 18.4 Å². The van der Waals surface area contributed by atoms with Crippen LogP contribution in [0.2, 0.25) is 5.15 Å². The Morgan fingerprint density at radius 1 is 1.14 bits per heavy atom. The lowest BCUT2D eigenvalue weighted by molar-refractivity contribution is 0.521. The van der Waals surface area contributed by atoms with E-state index in [9.17, 15) is 0 Å². The van der Waals surface area contributed by atoms with E-state index >= 15 is 0 Å². The molecule has 0 radical (unpaired) electrons. The molecule has 0 atom stereocenters. The molecule has 0 saturated heterocycles. The highest BCUT2D eigenvalue weighted by molar-refractivity contribution is 6.31. The summed E-state index contributed by atoms with van der Waals surface area (Å²) in [6.45, 7) is 7.22. The maximum absolute atomic E-state index is 6.43. The van der Waals surface area contributed by atoms with E-state index in [1.54, 1.807) is 0 Å². The van der Waals surface area contributed by atoms with Gasteiger partial charge in [-0.2, -0.15) is 5.10 Å². The fraction of sp³-hybridized carbons (Fsp3) is 0.471. The number of rotatable bonds is 5. The number of hydrogen-bond acceptors (Lipinski definition) is 1. The summed E-state index contributed by atoms with van der Waals surface area (Å²) in [7, 11) is 0. The second kappa shape index (κ2) is 6.85. The third-order valence-corrected chi connectivity index (χ3v) is 4.19. The quantitative estimate of drug-likeness (QED) is 0.690. The van der Waals surface area contributed by atoms with E-state index in [4.69, 9.17) is 23.2 Å². The molecule has 0 aliphatic rings. The summed E-state index contributed by atoms with van der Waals surface area (Å²) >= 11 is 12.5. The van der Waals surface area contributed by atoms with Crippen LogP contribution in [0.1, 0.15) is 44.0 Å². The van der Waals surface area contributed by atoms with Gasteiger partial charge < -0.3 is 0 Å². The summed E-state index contributed by atoms with van der Waals surface area (Å²) in [5.74, 6) is 0.407. The van der Waals surface area contributed by atoms with Crippen LogP contribution in [0.3, 0.4) is 0 Å². The Morgan fingerprint density at radius 2 is 1.81 bits per heavy atom. The highest BCUT2D eigenvalue weighted by atomic mass is 35.5. The molecule has 0 aliphatic heterocycles. The van der Waals surface area contributed by atoms with Crippen LogP contribution in [0.4, 0.5) is 0 Å². The number of benzene rings is 1. The lowest BCUT2D eigenvalue weighted by atomic mass is 9.90. The van der Waals surface area contributed by atoms with Gasteiger partial charge in [0.2, 0.25) is 0 Å². The molecule has 1 aromatic heterocycles. The Bertz CT molecular complexity index is 583. The van der Waals surface area contributed by atoms with Gasteiger partial charge >= 0.3 is 0 Å². The van der Waals surface area contributed by atoms with Gasteiger partial charge in [0.15, 0.2) is 0 Å². The average Bonchev–Trinajstić information content (AvgIpc) is 2.77. The molecule has 114 valence electrons. The van der Waals surface area contributed by atoms with Gasteiger partial charge in [-0.15, -0.1) is 11.6 Å². The van der Waals surface area contributed by atoms with Crippen molar-refractivity contribution in [2.24, 2.45) is 0 Å². The third-order valence-electron chi connectivity index (χ3n) is 3.50. The minimum absolute atomic E-state index is 0.0431. The first-order chi connectivity index (χ1) is 9.93. The number of hydrogen-bond donors (Lipinski definition) is 0. The zero-order chi connectivity index (χ0) is 15.5. The van der Waals surface area contributed by atoms with E-state index in [0.717, 1.165) is 30.6 Å². The molecule has 0 fully saturated rings. The Labute approximate surface area is 137 Å². The van der Waals surface area contributed by atoms with Crippen molar-refractivity contribution < 1.29 is 0 Å². The predicted molar refractivity (Wildman–Crippen MR) is 90.3 cm³/mol. The second-order valence-corrected chi connectivity index (χ2v) is 6.94. The number of aryl methyl sites for hydroxylation is 2. The molecule has 2 nitrogen and oxygen atoms in total. The molecule has 1 aromatic carbocycles. The number of nitrogens with zero attached hydrogens (tertiary/aromatic N) is 2. The minimum atomic E-state index is -0.0431. The monoisotopic (exact) mass is 324 g/mol. The van der Waals surface area contributed by atoms with Gasteiger partial charge in [0.05, 0.1) is 11.6 Å². The SMILES string of the molecule is CC(C)(C)c1nn(CCCc2ccccc2)c(Cl)c1CCl. The molecule has 0 spiro atoms. The second-order valence-electron chi connectivity index (χ2n) is 6.31. The average molecular weight is 325 g/mol. The molecule has 0 bridgehead atoms. The van der Waals surface area contributed by atoms with Gasteiger partial charge in [-0.1, -0.05) is 62.7 Å². The summed E-state index contributed by atoms with van der Waals surface area (Å²) in [6, 6.07) is 10.5. The summed E-state index contributed by atoms with van der Waals surface area (Å²) in [4.78, 5) is 0. The van der Waals surface area contributed by atoms with Gasteiger partial charge in [-0.25, -0.2) is 0 Å². The van der Waals surface area contributed by atoms with Crippen LogP contribution < -0.4 is 0 Å². The van der Waals surface area contributed by atoms with Crippen LogP contribution >= 0.6 is 23.2 Å². The highest BCUT2D eigenvalue weighted by Crippen LogP contribution is 2.31. The van der Waals surface area contributed by atoms with Crippen molar-refractivity contribution in [2.75, 3.05) is 0 Å². The summed E-state index contributed by atoms with van der Waals surface area (Å²) in [5.41, 5.74) is 3.26. The Kier molecular flexibility index (Phi) is 5.34. The fourth-order valence-electron chi connectivity index (χ4n) is 2.43. The van der Waals surface area contributed by atoms with Crippen molar-refractivity contribution in [3.8, 4) is 0 Å². The van der Waals surface area contributed by atoms with Crippen molar-refractivity contribution in [3.63, 3.8) is 0 Å². The molecular weight excluding hydrogens is 303 g/mol. The summed E-state index contributed by atoms with van der Waals surface area (Å²) in [6.07, 6.45) is 2.04. The van der Waals surface area contributed by atoms with Gasteiger partial charge in [0, 0.05) is 17.5 Å². The molecule has 0 aliphatic carbocycles. The molecule has 2 aromatic rings. The van der Waals surface area contributed by atoms with Gasteiger partial charge in [0.1, 0.15) is 5.15 Å². The lowest BCUT2D eigenvalue weighted by Gasteiger charge is -2.16. The summed E-state index contributed by atoms with van der Waals surface area (Å²) in [5, 5.41) is 5.37. The Hall–Kier alpha value is -0.990. The Balaban J connectivity index is 2.09. The van der Waals surface area contributed by atoms with Crippen LogP contribution in [0, 0.1) is 0 Å². The van der Waals surface area contributed by atoms with Crippen LogP contribution in [-0.4, -0.2) is 9.78 Å². The molecule has 0 unspecified atom stereocenters. The van der Waals surface area contributed by atoms with E-state index in [0.29, 0.717) is 11.0 Å². The van der Waals surface area contributed by atoms with Gasteiger partial charge in [0.25, 0.3) is 0 Å². The fourth-order valence-corrected chi connectivity index (χ4v) is 3.03. The van der Waals surface area contributed by atoms with Gasteiger partial charge in [-0.3, -0.25) is 4.68 Å². The van der Waals surface area contributed by atoms with E-state index in [2.05, 4.69) is 50.1 Å². The predicted octanol–water partition coefficient (Wildman–Crippen LogP) is 5.21. The normalized spacial score (nSPS) is 11.9. The zero-order valence-electron chi connectivity index (χ0n) is 12.9. The zero-order valence-corrected chi connectivity index (χ0v) is 14.4. The molecule has 2 rings (SSSR count). The maximum atomic E-state index is 6.43. The minimum Gasteiger partial charge on any atom is -0.253 e. The van der Waals surface area contributed by atoms with Crippen molar-refractivity contribution in [1.82, 2.24) is 9.78 Å². The van der Waals surface area contributed by atoms with E-state index in [1.165, 1.54) is 5.56 Å². The first kappa shape index (κ1) is 16.4. The Morgan fingerprint density at radius 3 is 2.33 bits per heavy atom. The lowest BCUT2D eigenvalue weighted by Crippen LogP contribution is -2.14. The van der Waals surface area contributed by atoms with Crippen LogP contribution in [0.5, 0.6) is 0 Å². The molecule has 4 heteroatoms. The van der Waals surface area contributed by atoms with E-state index in [-0.39, 0.29) is 5.41 Å².